The van der Waals surface area contributed by atoms with E-state index in [9.17, 15) is 4.79 Å². The van der Waals surface area contributed by atoms with Gasteiger partial charge in [0.1, 0.15) is 11.3 Å². The summed E-state index contributed by atoms with van der Waals surface area (Å²) in [6.07, 6.45) is 3.17. The Balaban J connectivity index is 1.49. The number of carbonyl (C=O) groups is 1. The van der Waals surface area contributed by atoms with Crippen molar-refractivity contribution in [1.29, 1.82) is 0 Å². The van der Waals surface area contributed by atoms with Crippen molar-refractivity contribution in [3.8, 4) is 5.75 Å². The number of thiophene rings is 1. The summed E-state index contributed by atoms with van der Waals surface area (Å²) in [7, 11) is 1.49. The lowest BCUT2D eigenvalue weighted by atomic mass is 10.2. The number of anilines is 3. The Hall–Kier alpha value is -2.92. The molecule has 0 fully saturated rings. The zero-order valence-corrected chi connectivity index (χ0v) is 21.6. The molecule has 2 aromatic carbocycles. The van der Waals surface area contributed by atoms with E-state index < -0.39 is 5.91 Å². The van der Waals surface area contributed by atoms with Crippen LogP contribution in [0.1, 0.15) is 15.9 Å². The van der Waals surface area contributed by atoms with Crippen LogP contribution in [0, 0.1) is 6.92 Å². The van der Waals surface area contributed by atoms with E-state index in [4.69, 9.17) is 27.9 Å². The van der Waals surface area contributed by atoms with E-state index in [2.05, 4.69) is 46.7 Å². The van der Waals surface area contributed by atoms with Gasteiger partial charge in [0.2, 0.25) is 0 Å². The van der Waals surface area contributed by atoms with Crippen molar-refractivity contribution in [3.63, 3.8) is 0 Å². The molecule has 3 aromatic heterocycles. The maximum Gasteiger partial charge on any atom is 0.258 e. The summed E-state index contributed by atoms with van der Waals surface area (Å²) in [5, 5.41) is 16.3. The molecule has 0 radical (unpaired) electrons. The molecule has 0 aliphatic rings. The van der Waals surface area contributed by atoms with E-state index >= 15 is 0 Å². The number of methoxy groups -OCH3 is 1. The number of fused-ring (bicyclic) bond motifs is 2. The highest BCUT2D eigenvalue weighted by atomic mass is 79.9. The van der Waals surface area contributed by atoms with Crippen molar-refractivity contribution in [3.05, 3.63) is 61.7 Å². The van der Waals surface area contributed by atoms with Crippen LogP contribution in [0.15, 0.2) is 40.6 Å². The second-order valence-electron chi connectivity index (χ2n) is 7.28. The minimum absolute atomic E-state index is 0.198. The van der Waals surface area contributed by atoms with Gasteiger partial charge in [0.25, 0.3) is 5.91 Å². The molecule has 12 heteroatoms. The molecule has 0 aliphatic heterocycles. The number of aromatic amines is 1. The topological polar surface area (TPSA) is 105 Å². The van der Waals surface area contributed by atoms with Gasteiger partial charge in [0.05, 0.1) is 49.8 Å². The van der Waals surface area contributed by atoms with Gasteiger partial charge in [0.15, 0.2) is 11.6 Å². The van der Waals surface area contributed by atoms with Gasteiger partial charge >= 0.3 is 0 Å². The SMILES string of the molecule is COc1c(Cl)c(NC(=O)c2csc3c(Nc4ccc5cn[nH]c5c4)ncnc23)c(Cl)c(C)c1Br. The van der Waals surface area contributed by atoms with Gasteiger partial charge < -0.3 is 15.4 Å². The van der Waals surface area contributed by atoms with Crippen molar-refractivity contribution >= 4 is 94.7 Å². The first kappa shape index (κ1) is 22.9. The molecular weight excluding hydrogens is 563 g/mol. The van der Waals surface area contributed by atoms with Crippen molar-refractivity contribution < 1.29 is 9.53 Å². The highest BCUT2D eigenvalue weighted by molar-refractivity contribution is 9.10. The highest BCUT2D eigenvalue weighted by Gasteiger charge is 2.23. The second kappa shape index (κ2) is 9.03. The molecule has 5 rings (SSSR count). The monoisotopic (exact) mass is 576 g/mol. The molecule has 3 N–H and O–H groups in total. The van der Waals surface area contributed by atoms with Crippen molar-refractivity contribution in [2.75, 3.05) is 17.7 Å². The molecule has 34 heavy (non-hydrogen) atoms. The van der Waals surface area contributed by atoms with Crippen molar-refractivity contribution in [2.24, 2.45) is 0 Å². The zero-order valence-electron chi connectivity index (χ0n) is 17.7. The van der Waals surface area contributed by atoms with Gasteiger partial charge in [-0.05, 0) is 46.6 Å². The molecule has 0 atom stereocenters. The first-order chi connectivity index (χ1) is 16.4. The Morgan fingerprint density at radius 3 is 2.85 bits per heavy atom. The molecule has 0 aliphatic carbocycles. The largest absolute Gasteiger partial charge is 0.494 e. The third kappa shape index (κ3) is 3.86. The van der Waals surface area contributed by atoms with E-state index in [0.717, 1.165) is 21.3 Å². The molecule has 5 aromatic rings. The van der Waals surface area contributed by atoms with E-state index in [0.29, 0.717) is 37.7 Å². The Kier molecular flexibility index (Phi) is 6.07. The van der Waals surface area contributed by atoms with Crippen molar-refractivity contribution in [1.82, 2.24) is 20.2 Å². The minimum atomic E-state index is -0.401. The fourth-order valence-electron chi connectivity index (χ4n) is 3.48. The van der Waals surface area contributed by atoms with Crippen LogP contribution in [0.3, 0.4) is 0 Å². The molecule has 1 amide bonds. The molecule has 0 spiro atoms. The zero-order chi connectivity index (χ0) is 24.0. The number of carbonyl (C=O) groups excluding carboxylic acids is 1. The number of amides is 1. The highest BCUT2D eigenvalue weighted by Crippen LogP contribution is 2.46. The van der Waals surface area contributed by atoms with Gasteiger partial charge in [-0.25, -0.2) is 9.97 Å². The number of H-pyrrole nitrogens is 1. The predicted octanol–water partition coefficient (Wildman–Crippen LogP) is 6.95. The third-order valence-corrected chi connectivity index (χ3v) is 8.01. The molecule has 0 saturated carbocycles. The molecule has 8 nitrogen and oxygen atoms in total. The first-order valence-corrected chi connectivity index (χ1v) is 12.3. The van der Waals surface area contributed by atoms with E-state index in [1.165, 1.54) is 24.8 Å². The number of nitrogens with one attached hydrogen (secondary N) is 3. The van der Waals surface area contributed by atoms with Crippen LogP contribution in [-0.4, -0.2) is 33.2 Å². The van der Waals surface area contributed by atoms with Crippen molar-refractivity contribution in [2.45, 2.75) is 6.92 Å². The van der Waals surface area contributed by atoms with E-state index in [-0.39, 0.29) is 10.7 Å². The molecule has 0 saturated heterocycles. The summed E-state index contributed by atoms with van der Waals surface area (Å²) in [5.74, 6) is 0.574. The van der Waals surface area contributed by atoms with Gasteiger partial charge in [-0.15, -0.1) is 11.3 Å². The predicted molar refractivity (Wildman–Crippen MR) is 140 cm³/mol. The molecule has 172 valence electrons. The number of hydrogen-bond acceptors (Lipinski definition) is 7. The summed E-state index contributed by atoms with van der Waals surface area (Å²) in [5.41, 5.74) is 3.57. The van der Waals surface area contributed by atoms with Gasteiger partial charge in [0, 0.05) is 16.5 Å². The Bertz CT molecular complexity index is 1590. The summed E-state index contributed by atoms with van der Waals surface area (Å²) in [6, 6.07) is 5.82. The number of benzene rings is 2. The molecule has 0 unspecified atom stereocenters. The van der Waals surface area contributed by atoms with Crippen LogP contribution in [-0.2, 0) is 0 Å². The number of nitrogens with zero attached hydrogens (tertiary/aromatic N) is 3. The fraction of sp³-hybridized carbons (Fsp3) is 0.0909. The smallest absolute Gasteiger partial charge is 0.258 e. The van der Waals surface area contributed by atoms with Crippen LogP contribution < -0.4 is 15.4 Å². The normalized spacial score (nSPS) is 11.2. The number of aromatic nitrogens is 4. The summed E-state index contributed by atoms with van der Waals surface area (Å²) in [6.45, 7) is 1.80. The standard InChI is InChI=1S/C22H15BrCl2N6O2S/c1-9-14(23)19(33-2)16(25)18(15(9)24)30-22(32)12-7-34-20-17(12)26-8-27-21(20)29-11-4-3-10-6-28-31-13(10)5-11/h3-8H,1-2H3,(H,28,31)(H,30,32)(H,26,27,29). The summed E-state index contributed by atoms with van der Waals surface area (Å²) < 4.78 is 6.73. The summed E-state index contributed by atoms with van der Waals surface area (Å²) in [4.78, 5) is 21.9. The van der Waals surface area contributed by atoms with Crippen LogP contribution in [0.4, 0.5) is 17.2 Å². The Morgan fingerprint density at radius 1 is 1.24 bits per heavy atom. The fourth-order valence-corrected chi connectivity index (χ4v) is 5.81. The van der Waals surface area contributed by atoms with Gasteiger partial charge in [-0.2, -0.15) is 5.10 Å². The van der Waals surface area contributed by atoms with E-state index in [1.807, 2.05) is 18.2 Å². The minimum Gasteiger partial charge on any atom is -0.494 e. The van der Waals surface area contributed by atoms with Crippen LogP contribution in [0.5, 0.6) is 5.75 Å². The first-order valence-electron chi connectivity index (χ1n) is 9.83. The quantitative estimate of drug-likeness (QED) is 0.209. The number of hydrogen-bond donors (Lipinski definition) is 3. The summed E-state index contributed by atoms with van der Waals surface area (Å²) >= 11 is 17.7. The number of ether oxygens (including phenoxy) is 1. The molecule has 3 heterocycles. The Labute approximate surface area is 215 Å². The average Bonchev–Trinajstić information content (AvgIpc) is 3.48. The lowest BCUT2D eigenvalue weighted by Crippen LogP contribution is -2.13. The maximum atomic E-state index is 13.2. The lowest BCUT2D eigenvalue weighted by molar-refractivity contribution is 0.102. The number of halogens is 3. The van der Waals surface area contributed by atoms with E-state index in [1.54, 1.807) is 18.5 Å². The molecular formula is C22H15BrCl2N6O2S. The number of rotatable bonds is 5. The van der Waals surface area contributed by atoms with Crippen LogP contribution in [0.25, 0.3) is 21.1 Å². The maximum absolute atomic E-state index is 13.2. The lowest BCUT2D eigenvalue weighted by Gasteiger charge is -2.16. The second-order valence-corrected chi connectivity index (χ2v) is 9.70. The Morgan fingerprint density at radius 2 is 2.06 bits per heavy atom. The molecule has 0 bridgehead atoms. The van der Waals surface area contributed by atoms with Crippen LogP contribution >= 0.6 is 50.5 Å². The third-order valence-electron chi connectivity index (χ3n) is 5.24. The van der Waals surface area contributed by atoms with Gasteiger partial charge in [-0.3, -0.25) is 9.89 Å². The van der Waals surface area contributed by atoms with Crippen LogP contribution in [0.2, 0.25) is 10.0 Å². The van der Waals surface area contributed by atoms with Gasteiger partial charge in [-0.1, -0.05) is 23.2 Å². The average molecular weight is 578 g/mol.